The molecule has 0 bridgehead atoms. The highest BCUT2D eigenvalue weighted by Crippen LogP contribution is 2.15. The Labute approximate surface area is 101 Å². The first kappa shape index (κ1) is 11.6. The molecule has 1 N–H and O–H groups in total. The van der Waals surface area contributed by atoms with Gasteiger partial charge in [-0.15, -0.1) is 0 Å². The Morgan fingerprint density at radius 2 is 1.82 bits per heavy atom. The number of para-hydroxylation sites is 1. The monoisotopic (exact) mass is 229 g/mol. The molecule has 0 aliphatic rings. The Balaban J connectivity index is 1.79. The van der Waals surface area contributed by atoms with E-state index in [1.807, 2.05) is 48.5 Å². The van der Waals surface area contributed by atoms with Gasteiger partial charge in [0.15, 0.2) is 0 Å². The van der Waals surface area contributed by atoms with Crippen molar-refractivity contribution < 1.29 is 9.84 Å². The smallest absolute Gasteiger partial charge is 0.119 e. The highest BCUT2D eigenvalue weighted by molar-refractivity contribution is 5.20. The molecule has 3 heteroatoms. The molecule has 3 nitrogen and oxygen atoms in total. The molecule has 0 radical (unpaired) electrons. The Hall–Kier alpha value is -1.87. The van der Waals surface area contributed by atoms with E-state index in [9.17, 15) is 5.11 Å². The second kappa shape index (κ2) is 6.01. The average Bonchev–Trinajstić information content (AvgIpc) is 2.41. The minimum Gasteiger partial charge on any atom is -0.493 e. The minimum absolute atomic E-state index is 0.474. The van der Waals surface area contributed by atoms with Gasteiger partial charge in [0, 0.05) is 12.6 Å². The van der Waals surface area contributed by atoms with Gasteiger partial charge in [-0.2, -0.15) is 0 Å². The van der Waals surface area contributed by atoms with E-state index in [4.69, 9.17) is 4.74 Å². The van der Waals surface area contributed by atoms with E-state index in [0.717, 1.165) is 5.75 Å². The molecule has 0 aliphatic carbocycles. The van der Waals surface area contributed by atoms with Gasteiger partial charge in [0.2, 0.25) is 0 Å². The molecular formula is C14H15NO2. The van der Waals surface area contributed by atoms with E-state index in [1.54, 1.807) is 6.20 Å². The van der Waals surface area contributed by atoms with Gasteiger partial charge in [-0.3, -0.25) is 4.98 Å². The van der Waals surface area contributed by atoms with Crippen LogP contribution in [-0.4, -0.2) is 16.7 Å². The van der Waals surface area contributed by atoms with Gasteiger partial charge in [-0.05, 0) is 24.3 Å². The Kier molecular flexibility index (Phi) is 4.11. The summed E-state index contributed by atoms with van der Waals surface area (Å²) in [5, 5.41) is 9.86. The molecule has 0 aliphatic heterocycles. The number of nitrogens with zero attached hydrogens (tertiary/aromatic N) is 1. The molecule has 1 aromatic heterocycles. The summed E-state index contributed by atoms with van der Waals surface area (Å²) in [5.74, 6) is 0.820. The summed E-state index contributed by atoms with van der Waals surface area (Å²) in [6.07, 6.45) is 1.64. The molecule has 1 heterocycles. The minimum atomic E-state index is -0.570. The summed E-state index contributed by atoms with van der Waals surface area (Å²) in [4.78, 5) is 4.10. The third-order valence-electron chi connectivity index (χ3n) is 2.43. The van der Waals surface area contributed by atoms with E-state index in [-0.39, 0.29) is 0 Å². The fraction of sp³-hybridized carbons (Fsp3) is 0.214. The van der Waals surface area contributed by atoms with Crippen LogP contribution in [0.15, 0.2) is 54.7 Å². The molecule has 2 aromatic rings. The van der Waals surface area contributed by atoms with Crippen molar-refractivity contribution >= 4 is 0 Å². The lowest BCUT2D eigenvalue weighted by molar-refractivity contribution is 0.137. The van der Waals surface area contributed by atoms with E-state index in [2.05, 4.69) is 4.98 Å². The van der Waals surface area contributed by atoms with Crippen molar-refractivity contribution in [2.45, 2.75) is 12.5 Å². The third-order valence-corrected chi connectivity index (χ3v) is 2.43. The second-order valence-electron chi connectivity index (χ2n) is 3.72. The number of pyridine rings is 1. The molecule has 1 aromatic carbocycles. The molecule has 1 unspecified atom stereocenters. The predicted octanol–water partition coefficient (Wildman–Crippen LogP) is 2.58. The number of aromatic nitrogens is 1. The van der Waals surface area contributed by atoms with Gasteiger partial charge in [-0.1, -0.05) is 24.3 Å². The van der Waals surface area contributed by atoms with Gasteiger partial charge >= 0.3 is 0 Å². The summed E-state index contributed by atoms with van der Waals surface area (Å²) in [6.45, 7) is 0.474. The molecule has 0 spiro atoms. The highest BCUT2D eigenvalue weighted by Gasteiger charge is 2.07. The van der Waals surface area contributed by atoms with Gasteiger partial charge in [0.25, 0.3) is 0 Å². The number of hydrogen-bond donors (Lipinski definition) is 1. The Morgan fingerprint density at radius 1 is 1.06 bits per heavy atom. The molecule has 0 fully saturated rings. The van der Waals surface area contributed by atoms with Crippen molar-refractivity contribution in [3.05, 3.63) is 60.4 Å². The van der Waals surface area contributed by atoms with Crippen molar-refractivity contribution in [2.75, 3.05) is 6.61 Å². The van der Waals surface area contributed by atoms with E-state index in [0.29, 0.717) is 18.7 Å². The molecule has 88 valence electrons. The molecule has 0 saturated carbocycles. The zero-order chi connectivity index (χ0) is 11.9. The second-order valence-corrected chi connectivity index (χ2v) is 3.72. The number of hydrogen-bond acceptors (Lipinski definition) is 3. The van der Waals surface area contributed by atoms with Crippen LogP contribution in [0.2, 0.25) is 0 Å². The summed E-state index contributed by atoms with van der Waals surface area (Å²) in [5.41, 5.74) is 0.684. The van der Waals surface area contributed by atoms with Crippen LogP contribution in [0.4, 0.5) is 0 Å². The van der Waals surface area contributed by atoms with Crippen molar-refractivity contribution in [3.8, 4) is 5.75 Å². The number of aliphatic hydroxyl groups excluding tert-OH is 1. The normalized spacial score (nSPS) is 12.1. The molecule has 2 rings (SSSR count). The van der Waals surface area contributed by atoms with Gasteiger partial charge in [0.1, 0.15) is 5.75 Å². The predicted molar refractivity (Wildman–Crippen MR) is 65.8 cm³/mol. The topological polar surface area (TPSA) is 42.4 Å². The summed E-state index contributed by atoms with van der Waals surface area (Å²) < 4.78 is 5.51. The van der Waals surface area contributed by atoms with Crippen LogP contribution in [0.1, 0.15) is 18.2 Å². The number of rotatable bonds is 5. The van der Waals surface area contributed by atoms with Crippen molar-refractivity contribution in [2.24, 2.45) is 0 Å². The first-order chi connectivity index (χ1) is 8.36. The van der Waals surface area contributed by atoms with Crippen LogP contribution in [0, 0.1) is 0 Å². The summed E-state index contributed by atoms with van der Waals surface area (Å²) in [6, 6.07) is 15.1. The number of aliphatic hydroxyl groups is 1. The molecule has 1 atom stereocenters. The fourth-order valence-corrected chi connectivity index (χ4v) is 1.53. The lowest BCUT2D eigenvalue weighted by Crippen LogP contribution is -2.06. The van der Waals surface area contributed by atoms with Gasteiger partial charge in [-0.25, -0.2) is 0 Å². The van der Waals surface area contributed by atoms with Crippen molar-refractivity contribution in [1.29, 1.82) is 0 Å². The lowest BCUT2D eigenvalue weighted by Gasteiger charge is -2.10. The third kappa shape index (κ3) is 3.57. The van der Waals surface area contributed by atoms with Crippen LogP contribution in [0.25, 0.3) is 0 Å². The molecule has 0 amide bonds. The van der Waals surface area contributed by atoms with Crippen LogP contribution < -0.4 is 4.74 Å². The van der Waals surface area contributed by atoms with Crippen molar-refractivity contribution in [3.63, 3.8) is 0 Å². The van der Waals surface area contributed by atoms with Crippen LogP contribution >= 0.6 is 0 Å². The maximum absolute atomic E-state index is 9.86. The Morgan fingerprint density at radius 3 is 2.53 bits per heavy atom. The lowest BCUT2D eigenvalue weighted by atomic mass is 10.2. The summed E-state index contributed by atoms with van der Waals surface area (Å²) >= 11 is 0. The van der Waals surface area contributed by atoms with Crippen molar-refractivity contribution in [1.82, 2.24) is 4.98 Å². The quantitative estimate of drug-likeness (QED) is 0.856. The zero-order valence-corrected chi connectivity index (χ0v) is 9.49. The Bertz CT molecular complexity index is 430. The molecular weight excluding hydrogens is 214 g/mol. The molecule has 17 heavy (non-hydrogen) atoms. The number of benzene rings is 1. The van der Waals surface area contributed by atoms with Gasteiger partial charge < -0.3 is 9.84 Å². The van der Waals surface area contributed by atoms with E-state index in [1.165, 1.54) is 0 Å². The first-order valence-electron chi connectivity index (χ1n) is 5.63. The average molecular weight is 229 g/mol. The molecule has 0 saturated heterocycles. The van der Waals surface area contributed by atoms with E-state index < -0.39 is 6.10 Å². The van der Waals surface area contributed by atoms with E-state index >= 15 is 0 Å². The number of ether oxygens (including phenoxy) is 1. The zero-order valence-electron chi connectivity index (χ0n) is 9.49. The standard InChI is InChI=1S/C14H15NO2/c16-14(13-8-4-5-10-15-13)9-11-17-12-6-2-1-3-7-12/h1-8,10,14,16H,9,11H2. The highest BCUT2D eigenvalue weighted by atomic mass is 16.5. The first-order valence-corrected chi connectivity index (χ1v) is 5.63. The maximum Gasteiger partial charge on any atom is 0.119 e. The van der Waals surface area contributed by atoms with Crippen LogP contribution in [0.5, 0.6) is 5.75 Å². The fourth-order valence-electron chi connectivity index (χ4n) is 1.53. The summed E-state index contributed by atoms with van der Waals surface area (Å²) in [7, 11) is 0. The maximum atomic E-state index is 9.86. The van der Waals surface area contributed by atoms with Crippen LogP contribution in [-0.2, 0) is 0 Å². The largest absolute Gasteiger partial charge is 0.493 e. The SMILES string of the molecule is OC(CCOc1ccccc1)c1ccccn1. The van der Waals surface area contributed by atoms with Gasteiger partial charge in [0.05, 0.1) is 18.4 Å². The van der Waals surface area contributed by atoms with Crippen LogP contribution in [0.3, 0.4) is 0 Å².